The Bertz CT molecular complexity index is 668. The number of halogens is 2. The lowest BCUT2D eigenvalue weighted by Crippen LogP contribution is -2.03. The summed E-state index contributed by atoms with van der Waals surface area (Å²) in [5, 5.41) is 3.09. The average Bonchev–Trinajstić information content (AvgIpc) is 3.24. The third-order valence-electron chi connectivity index (χ3n) is 3.51. The number of hydrogen-bond donors (Lipinski definition) is 1. The molecule has 0 bridgehead atoms. The zero-order valence-electron chi connectivity index (χ0n) is 11.4. The van der Waals surface area contributed by atoms with Crippen LogP contribution >= 0.6 is 15.9 Å². The minimum absolute atomic E-state index is 0.236. The molecule has 1 aromatic carbocycles. The molecule has 1 fully saturated rings. The van der Waals surface area contributed by atoms with Gasteiger partial charge >= 0.3 is 0 Å². The fourth-order valence-electron chi connectivity index (χ4n) is 2.26. The maximum atomic E-state index is 13.2. The Morgan fingerprint density at radius 2 is 2.05 bits per heavy atom. The second kappa shape index (κ2) is 5.13. The molecule has 1 aliphatic rings. The molecule has 104 valence electrons. The number of rotatable bonds is 3. The molecule has 0 unspecified atom stereocenters. The maximum Gasteiger partial charge on any atom is 0.162 e. The normalized spacial score (nSPS) is 14.4. The van der Waals surface area contributed by atoms with Crippen molar-refractivity contribution < 1.29 is 4.39 Å². The van der Waals surface area contributed by atoms with E-state index in [4.69, 9.17) is 0 Å². The van der Waals surface area contributed by atoms with Crippen molar-refractivity contribution in [3.05, 3.63) is 39.7 Å². The first-order valence-electron chi connectivity index (χ1n) is 6.62. The van der Waals surface area contributed by atoms with E-state index < -0.39 is 0 Å². The van der Waals surface area contributed by atoms with Crippen molar-refractivity contribution in [1.29, 1.82) is 0 Å². The number of anilines is 1. The van der Waals surface area contributed by atoms with Crippen LogP contribution in [0.15, 0.2) is 22.7 Å². The van der Waals surface area contributed by atoms with Crippen LogP contribution in [-0.4, -0.2) is 17.0 Å². The van der Waals surface area contributed by atoms with E-state index in [0.717, 1.165) is 27.1 Å². The lowest BCUT2D eigenvalue weighted by molar-refractivity contribution is 0.627. The summed E-state index contributed by atoms with van der Waals surface area (Å²) in [5.41, 5.74) is 2.76. The van der Waals surface area contributed by atoms with E-state index in [1.165, 1.54) is 25.0 Å². The van der Waals surface area contributed by atoms with Crippen molar-refractivity contribution in [2.24, 2.45) is 0 Å². The van der Waals surface area contributed by atoms with Gasteiger partial charge in [-0.05, 0) is 59.5 Å². The van der Waals surface area contributed by atoms with Crippen molar-refractivity contribution >= 4 is 21.7 Å². The zero-order chi connectivity index (χ0) is 14.3. The maximum absolute atomic E-state index is 13.2. The van der Waals surface area contributed by atoms with Gasteiger partial charge in [-0.1, -0.05) is 0 Å². The van der Waals surface area contributed by atoms with Crippen molar-refractivity contribution in [2.45, 2.75) is 25.7 Å². The van der Waals surface area contributed by atoms with E-state index in [1.807, 2.05) is 14.0 Å². The molecular formula is C15H15BrFN3. The summed E-state index contributed by atoms with van der Waals surface area (Å²) >= 11 is 3.57. The Kier molecular flexibility index (Phi) is 3.46. The van der Waals surface area contributed by atoms with Gasteiger partial charge in [0.25, 0.3) is 0 Å². The SMILES string of the molecule is CNc1nc(-c2ccc(F)cc2C)nc(C2CC2)c1Br. The lowest BCUT2D eigenvalue weighted by Gasteiger charge is -2.12. The van der Waals surface area contributed by atoms with Gasteiger partial charge in [-0.15, -0.1) is 0 Å². The molecule has 2 aromatic rings. The van der Waals surface area contributed by atoms with Crippen LogP contribution in [-0.2, 0) is 0 Å². The highest BCUT2D eigenvalue weighted by atomic mass is 79.9. The number of nitrogens with zero attached hydrogens (tertiary/aromatic N) is 2. The Balaban J connectivity index is 2.15. The standard InChI is InChI=1S/C15H15BrFN3/c1-8-7-10(17)5-6-11(8)14-19-13(9-3-4-9)12(16)15(18-2)20-14/h5-7,9H,3-4H2,1-2H3,(H,18,19,20). The summed E-state index contributed by atoms with van der Waals surface area (Å²) < 4.78 is 14.2. The van der Waals surface area contributed by atoms with Crippen molar-refractivity contribution in [3.8, 4) is 11.4 Å². The largest absolute Gasteiger partial charge is 0.372 e. The fraction of sp³-hybridized carbons (Fsp3) is 0.333. The van der Waals surface area contributed by atoms with Crippen LogP contribution in [0.25, 0.3) is 11.4 Å². The Morgan fingerprint density at radius 3 is 2.65 bits per heavy atom. The van der Waals surface area contributed by atoms with Gasteiger partial charge in [-0.25, -0.2) is 14.4 Å². The Morgan fingerprint density at radius 1 is 1.30 bits per heavy atom. The minimum atomic E-state index is -0.236. The summed E-state index contributed by atoms with van der Waals surface area (Å²) in [5.74, 6) is 1.70. The highest BCUT2D eigenvalue weighted by Gasteiger charge is 2.29. The van der Waals surface area contributed by atoms with Crippen LogP contribution < -0.4 is 5.32 Å². The van der Waals surface area contributed by atoms with Gasteiger partial charge < -0.3 is 5.32 Å². The van der Waals surface area contributed by atoms with Crippen LogP contribution in [0.5, 0.6) is 0 Å². The van der Waals surface area contributed by atoms with E-state index >= 15 is 0 Å². The molecule has 0 aliphatic heterocycles. The van der Waals surface area contributed by atoms with Crippen molar-refractivity contribution in [3.63, 3.8) is 0 Å². The molecule has 1 N–H and O–H groups in total. The summed E-state index contributed by atoms with van der Waals surface area (Å²) in [6.45, 7) is 1.87. The molecule has 0 amide bonds. The topological polar surface area (TPSA) is 37.8 Å². The van der Waals surface area contributed by atoms with E-state index in [0.29, 0.717) is 11.7 Å². The third-order valence-corrected chi connectivity index (χ3v) is 4.29. The molecule has 3 rings (SSSR count). The highest BCUT2D eigenvalue weighted by molar-refractivity contribution is 9.10. The van der Waals surface area contributed by atoms with Gasteiger partial charge in [0.05, 0.1) is 10.2 Å². The summed E-state index contributed by atoms with van der Waals surface area (Å²) in [6.07, 6.45) is 2.33. The predicted octanol–water partition coefficient (Wildman–Crippen LogP) is 4.27. The second-order valence-electron chi connectivity index (χ2n) is 5.08. The molecule has 0 radical (unpaired) electrons. The second-order valence-corrected chi connectivity index (χ2v) is 5.87. The first kappa shape index (κ1) is 13.5. The van der Waals surface area contributed by atoms with Crippen LogP contribution in [0.1, 0.15) is 30.0 Å². The molecule has 0 spiro atoms. The quantitative estimate of drug-likeness (QED) is 0.909. The first-order chi connectivity index (χ1) is 9.60. The third kappa shape index (κ3) is 2.42. The van der Waals surface area contributed by atoms with Crippen molar-refractivity contribution in [2.75, 3.05) is 12.4 Å². The first-order valence-corrected chi connectivity index (χ1v) is 7.41. The van der Waals surface area contributed by atoms with Gasteiger partial charge in [0.2, 0.25) is 0 Å². The summed E-state index contributed by atoms with van der Waals surface area (Å²) in [4.78, 5) is 9.21. The fourth-order valence-corrected chi connectivity index (χ4v) is 2.96. The molecule has 3 nitrogen and oxygen atoms in total. The number of nitrogens with one attached hydrogen (secondary N) is 1. The molecule has 1 aliphatic carbocycles. The van der Waals surface area contributed by atoms with E-state index in [1.54, 1.807) is 6.07 Å². The molecule has 0 atom stereocenters. The monoisotopic (exact) mass is 335 g/mol. The summed E-state index contributed by atoms with van der Waals surface area (Å²) in [7, 11) is 1.84. The number of aromatic nitrogens is 2. The zero-order valence-corrected chi connectivity index (χ0v) is 13.0. The van der Waals surface area contributed by atoms with Gasteiger partial charge in [-0.2, -0.15) is 0 Å². The predicted molar refractivity (Wildman–Crippen MR) is 81.4 cm³/mol. The van der Waals surface area contributed by atoms with Crippen LogP contribution in [0.2, 0.25) is 0 Å². The highest BCUT2D eigenvalue weighted by Crippen LogP contribution is 2.44. The van der Waals surface area contributed by atoms with E-state index in [2.05, 4.69) is 31.2 Å². The summed E-state index contributed by atoms with van der Waals surface area (Å²) in [6, 6.07) is 4.70. The Hall–Kier alpha value is -1.49. The molecule has 1 aromatic heterocycles. The smallest absolute Gasteiger partial charge is 0.162 e. The van der Waals surface area contributed by atoms with Gasteiger partial charge in [0, 0.05) is 18.5 Å². The van der Waals surface area contributed by atoms with Crippen LogP contribution in [0.4, 0.5) is 10.2 Å². The molecule has 0 saturated heterocycles. The van der Waals surface area contributed by atoms with Gasteiger partial charge in [-0.3, -0.25) is 0 Å². The van der Waals surface area contributed by atoms with E-state index in [9.17, 15) is 4.39 Å². The molecule has 5 heteroatoms. The Labute approximate surface area is 125 Å². The van der Waals surface area contributed by atoms with E-state index in [-0.39, 0.29) is 5.82 Å². The average molecular weight is 336 g/mol. The molecular weight excluding hydrogens is 321 g/mol. The van der Waals surface area contributed by atoms with Crippen LogP contribution in [0, 0.1) is 12.7 Å². The molecule has 20 heavy (non-hydrogen) atoms. The molecule has 1 saturated carbocycles. The van der Waals surface area contributed by atoms with Gasteiger partial charge in [0.15, 0.2) is 5.82 Å². The number of hydrogen-bond acceptors (Lipinski definition) is 3. The minimum Gasteiger partial charge on any atom is -0.372 e. The number of benzene rings is 1. The molecule has 1 heterocycles. The van der Waals surface area contributed by atoms with Crippen molar-refractivity contribution in [1.82, 2.24) is 9.97 Å². The lowest BCUT2D eigenvalue weighted by atomic mass is 10.1. The van der Waals surface area contributed by atoms with Crippen LogP contribution in [0.3, 0.4) is 0 Å². The van der Waals surface area contributed by atoms with Gasteiger partial charge in [0.1, 0.15) is 11.6 Å². The number of aryl methyl sites for hydroxylation is 1.